The van der Waals surface area contributed by atoms with E-state index in [2.05, 4.69) is 31.2 Å². The summed E-state index contributed by atoms with van der Waals surface area (Å²) < 4.78 is 10.2. The number of hydrogen-bond acceptors (Lipinski definition) is 5. The average molecular weight is 439 g/mol. The van der Waals surface area contributed by atoms with Crippen LogP contribution in [0.5, 0.6) is 0 Å². The Morgan fingerprint density at radius 2 is 1.31 bits per heavy atom. The third-order valence-corrected chi connectivity index (χ3v) is 5.39. The number of hydrogen-bond donors (Lipinski definition) is 0. The monoisotopic (exact) mass is 438 g/mol. The smallest absolute Gasteiger partial charge is 0.302 e. The number of Topliss-reactive ketones (excluding diaryl/α,β-unsaturated/α-hetero) is 1. The molecule has 0 heterocycles. The zero-order valence-corrected chi connectivity index (χ0v) is 19.4. The molecule has 5 heteroatoms. The molecule has 2 aromatic carbocycles. The van der Waals surface area contributed by atoms with E-state index in [1.165, 1.54) is 13.8 Å². The van der Waals surface area contributed by atoms with Gasteiger partial charge in [0.2, 0.25) is 0 Å². The lowest BCUT2D eigenvalue weighted by molar-refractivity contribution is -0.146. The Morgan fingerprint density at radius 1 is 0.781 bits per heavy atom. The van der Waals surface area contributed by atoms with E-state index >= 15 is 0 Å². The van der Waals surface area contributed by atoms with E-state index in [0.717, 1.165) is 54.4 Å². The molecular formula is C27H34O5. The summed E-state index contributed by atoms with van der Waals surface area (Å²) in [6.45, 7) is 5.36. The number of benzene rings is 2. The van der Waals surface area contributed by atoms with Crippen molar-refractivity contribution in [3.05, 3.63) is 59.7 Å². The maximum Gasteiger partial charge on any atom is 0.302 e. The van der Waals surface area contributed by atoms with Crippen molar-refractivity contribution in [2.45, 2.75) is 59.3 Å². The summed E-state index contributed by atoms with van der Waals surface area (Å²) in [5.41, 5.74) is 4.10. The molecule has 0 aliphatic carbocycles. The molecular weight excluding hydrogens is 404 g/mol. The fourth-order valence-corrected chi connectivity index (χ4v) is 3.45. The first-order valence-electron chi connectivity index (χ1n) is 11.4. The number of aryl methyl sites for hydroxylation is 1. The van der Waals surface area contributed by atoms with Gasteiger partial charge in [-0.25, -0.2) is 0 Å². The minimum absolute atomic E-state index is 0.0371. The molecule has 0 saturated carbocycles. The molecule has 0 N–H and O–H groups in total. The second kappa shape index (κ2) is 13.5. The van der Waals surface area contributed by atoms with Gasteiger partial charge in [-0.3, -0.25) is 14.4 Å². The fraction of sp³-hybridized carbons (Fsp3) is 0.444. The number of carbonyl (C=O) groups excluding carboxylic acids is 3. The molecule has 0 radical (unpaired) electrons. The van der Waals surface area contributed by atoms with Gasteiger partial charge in [0.1, 0.15) is 0 Å². The molecule has 0 aliphatic heterocycles. The van der Waals surface area contributed by atoms with Crippen molar-refractivity contribution in [3.63, 3.8) is 0 Å². The number of carbonyl (C=O) groups is 3. The van der Waals surface area contributed by atoms with Crippen LogP contribution in [0.25, 0.3) is 11.1 Å². The van der Waals surface area contributed by atoms with Crippen LogP contribution in [-0.2, 0) is 25.5 Å². The molecule has 0 fully saturated rings. The Hall–Kier alpha value is -2.95. The van der Waals surface area contributed by atoms with E-state index < -0.39 is 0 Å². The molecule has 172 valence electrons. The lowest BCUT2D eigenvalue weighted by Crippen LogP contribution is -2.20. The van der Waals surface area contributed by atoms with Crippen molar-refractivity contribution in [2.24, 2.45) is 5.92 Å². The van der Waals surface area contributed by atoms with Gasteiger partial charge in [-0.15, -0.1) is 0 Å². The highest BCUT2D eigenvalue weighted by molar-refractivity contribution is 5.96. The highest BCUT2D eigenvalue weighted by Gasteiger charge is 2.13. The maximum atomic E-state index is 12.3. The van der Waals surface area contributed by atoms with Crippen molar-refractivity contribution >= 4 is 17.7 Å². The van der Waals surface area contributed by atoms with Gasteiger partial charge in [-0.05, 0) is 36.0 Å². The molecule has 0 bridgehead atoms. The lowest BCUT2D eigenvalue weighted by Gasteiger charge is -2.16. The van der Waals surface area contributed by atoms with Gasteiger partial charge in [-0.1, -0.05) is 68.3 Å². The number of ether oxygens (including phenoxy) is 2. The Kier molecular flexibility index (Phi) is 10.6. The highest BCUT2D eigenvalue weighted by Crippen LogP contribution is 2.22. The third kappa shape index (κ3) is 9.04. The highest BCUT2D eigenvalue weighted by atomic mass is 16.5. The van der Waals surface area contributed by atoms with Gasteiger partial charge < -0.3 is 9.47 Å². The second-order valence-corrected chi connectivity index (χ2v) is 8.16. The largest absolute Gasteiger partial charge is 0.465 e. The quantitative estimate of drug-likeness (QED) is 0.225. The predicted molar refractivity (Wildman–Crippen MR) is 125 cm³/mol. The van der Waals surface area contributed by atoms with Crippen molar-refractivity contribution in [1.29, 1.82) is 0 Å². The molecule has 0 spiro atoms. The van der Waals surface area contributed by atoms with Gasteiger partial charge in [-0.2, -0.15) is 0 Å². The van der Waals surface area contributed by atoms with Gasteiger partial charge in [0.15, 0.2) is 5.78 Å². The van der Waals surface area contributed by atoms with Crippen LogP contribution < -0.4 is 0 Å². The van der Waals surface area contributed by atoms with Gasteiger partial charge in [0.25, 0.3) is 0 Å². The van der Waals surface area contributed by atoms with Crippen LogP contribution in [0.1, 0.15) is 68.8 Å². The number of unbranched alkanes of at least 4 members (excludes halogenated alkanes) is 2. The molecule has 32 heavy (non-hydrogen) atoms. The van der Waals surface area contributed by atoms with Gasteiger partial charge >= 0.3 is 11.9 Å². The molecule has 2 aromatic rings. The Bertz CT molecular complexity index is 850. The van der Waals surface area contributed by atoms with Crippen molar-refractivity contribution in [1.82, 2.24) is 0 Å². The molecule has 0 atom stereocenters. The summed E-state index contributed by atoms with van der Waals surface area (Å²) in [7, 11) is 0. The van der Waals surface area contributed by atoms with E-state index in [1.54, 1.807) is 0 Å². The first-order chi connectivity index (χ1) is 15.4. The van der Waals surface area contributed by atoms with Crippen LogP contribution in [0.4, 0.5) is 0 Å². The SMILES string of the molecule is CCCCCC(=O)c1ccc(-c2ccc(CCC(COC(C)=O)COC(C)=O)cc2)cc1. The Morgan fingerprint density at radius 3 is 1.81 bits per heavy atom. The number of ketones is 1. The summed E-state index contributed by atoms with van der Waals surface area (Å²) in [4.78, 5) is 34.5. The predicted octanol–water partition coefficient (Wildman–Crippen LogP) is 5.79. The molecule has 0 aliphatic rings. The second-order valence-electron chi connectivity index (χ2n) is 8.16. The van der Waals surface area contributed by atoms with Crippen molar-refractivity contribution in [3.8, 4) is 11.1 Å². The van der Waals surface area contributed by atoms with Crippen molar-refractivity contribution < 1.29 is 23.9 Å². The summed E-state index contributed by atoms with van der Waals surface area (Å²) in [6.07, 6.45) is 5.29. The maximum absolute atomic E-state index is 12.3. The van der Waals surface area contributed by atoms with Crippen molar-refractivity contribution in [2.75, 3.05) is 13.2 Å². The standard InChI is InChI=1S/C27H34O5/c1-4-5-6-7-27(30)26-16-14-25(15-17-26)24-12-10-22(11-13-24)8-9-23(18-31-20(2)28)19-32-21(3)29/h10-17,23H,4-9,18-19H2,1-3H3. The minimum atomic E-state index is -0.337. The molecule has 5 nitrogen and oxygen atoms in total. The zero-order chi connectivity index (χ0) is 23.3. The van der Waals surface area contributed by atoms with E-state index in [1.807, 2.05) is 24.3 Å². The first-order valence-corrected chi connectivity index (χ1v) is 11.4. The normalized spacial score (nSPS) is 10.8. The molecule has 0 saturated heterocycles. The molecule has 0 unspecified atom stereocenters. The fourth-order valence-electron chi connectivity index (χ4n) is 3.45. The van der Waals surface area contributed by atoms with E-state index in [9.17, 15) is 14.4 Å². The summed E-state index contributed by atoms with van der Waals surface area (Å²) >= 11 is 0. The van der Waals surface area contributed by atoms with E-state index in [0.29, 0.717) is 6.42 Å². The topological polar surface area (TPSA) is 69.7 Å². The van der Waals surface area contributed by atoms with Gasteiger partial charge in [0, 0.05) is 31.7 Å². The van der Waals surface area contributed by atoms with E-state index in [-0.39, 0.29) is 36.9 Å². The molecule has 2 rings (SSSR count). The Balaban J connectivity index is 1.93. The number of rotatable bonds is 13. The summed E-state index contributed by atoms with van der Waals surface area (Å²) in [5, 5.41) is 0. The summed E-state index contributed by atoms with van der Waals surface area (Å²) in [5.74, 6) is -0.506. The Labute approximate surface area is 191 Å². The van der Waals surface area contributed by atoms with Crippen LogP contribution in [0, 0.1) is 5.92 Å². The lowest BCUT2D eigenvalue weighted by atomic mass is 9.97. The van der Waals surface area contributed by atoms with E-state index in [4.69, 9.17) is 9.47 Å². The van der Waals surface area contributed by atoms with Crippen LogP contribution >= 0.6 is 0 Å². The minimum Gasteiger partial charge on any atom is -0.465 e. The van der Waals surface area contributed by atoms with Crippen LogP contribution in [0.15, 0.2) is 48.5 Å². The number of esters is 2. The van der Waals surface area contributed by atoms with Gasteiger partial charge in [0.05, 0.1) is 13.2 Å². The zero-order valence-electron chi connectivity index (χ0n) is 19.4. The average Bonchev–Trinajstić information content (AvgIpc) is 2.79. The summed E-state index contributed by atoms with van der Waals surface area (Å²) in [6, 6.07) is 16.1. The molecule has 0 aromatic heterocycles. The van der Waals surface area contributed by atoms with Crippen LogP contribution in [0.2, 0.25) is 0 Å². The first kappa shape index (κ1) is 25.3. The van der Waals surface area contributed by atoms with Crippen LogP contribution in [-0.4, -0.2) is 30.9 Å². The third-order valence-electron chi connectivity index (χ3n) is 5.39. The van der Waals surface area contributed by atoms with Crippen LogP contribution in [0.3, 0.4) is 0 Å². The molecule has 0 amide bonds.